The summed E-state index contributed by atoms with van der Waals surface area (Å²) in [5.41, 5.74) is 3.16. The highest BCUT2D eigenvalue weighted by atomic mass is 32.2. The topological polar surface area (TPSA) is 76.6 Å². The largest absolute Gasteiger partial charge is 0.497 e. The lowest BCUT2D eigenvalue weighted by Crippen LogP contribution is -2.32. The number of benzene rings is 2. The van der Waals surface area contributed by atoms with Crippen LogP contribution in [0.2, 0.25) is 0 Å². The van der Waals surface area contributed by atoms with Gasteiger partial charge in [0.05, 0.1) is 26.0 Å². The molecule has 1 aliphatic heterocycles. The number of nitrogens with one attached hydrogen (secondary N) is 1. The minimum absolute atomic E-state index is 0.0127. The van der Waals surface area contributed by atoms with Gasteiger partial charge in [-0.3, -0.25) is 4.79 Å². The number of hydrogen-bond acceptors (Lipinski definition) is 8. The number of ether oxygens (including phenoxy) is 2. The standard InChI is InChI=1S/C23H26N4O3S2/c1-15-6-8-16(9-7-15)24-22-25-26-23(32-22)31-14-21(28)27-12-4-5-19(27)18-13-17(29-2)10-11-20(18)30-3/h6-11,13,19H,4-5,12,14H2,1-3H3,(H,24,25)/t19-/m1/s1. The third kappa shape index (κ3) is 5.16. The fourth-order valence-electron chi connectivity index (χ4n) is 3.77. The van der Waals surface area contributed by atoms with Gasteiger partial charge in [-0.15, -0.1) is 10.2 Å². The fraction of sp³-hybridized carbons (Fsp3) is 0.348. The smallest absolute Gasteiger partial charge is 0.233 e. The molecular weight excluding hydrogens is 444 g/mol. The number of aromatic nitrogens is 2. The molecule has 3 aromatic rings. The van der Waals surface area contributed by atoms with Gasteiger partial charge in [-0.05, 0) is 50.1 Å². The SMILES string of the molecule is COc1ccc(OC)c([C@H]2CCCN2C(=O)CSc2nnc(Nc3ccc(C)cc3)s2)c1. The first-order chi connectivity index (χ1) is 15.6. The summed E-state index contributed by atoms with van der Waals surface area (Å²) in [6, 6.07) is 13.8. The second-order valence-electron chi connectivity index (χ2n) is 7.51. The Bertz CT molecular complexity index is 1070. The molecule has 1 saturated heterocycles. The zero-order chi connectivity index (χ0) is 22.5. The molecule has 0 radical (unpaired) electrons. The van der Waals surface area contributed by atoms with Crippen molar-refractivity contribution in [3.05, 3.63) is 53.6 Å². The quantitative estimate of drug-likeness (QED) is 0.461. The highest BCUT2D eigenvalue weighted by molar-refractivity contribution is 8.01. The Balaban J connectivity index is 1.39. The van der Waals surface area contributed by atoms with Crippen molar-refractivity contribution in [2.45, 2.75) is 30.1 Å². The lowest BCUT2D eigenvalue weighted by molar-refractivity contribution is -0.129. The molecule has 7 nitrogen and oxygen atoms in total. The third-order valence-electron chi connectivity index (χ3n) is 5.40. The van der Waals surface area contributed by atoms with E-state index in [9.17, 15) is 4.79 Å². The van der Waals surface area contributed by atoms with Gasteiger partial charge in [0, 0.05) is 17.8 Å². The molecule has 32 heavy (non-hydrogen) atoms. The van der Waals surface area contributed by atoms with Gasteiger partial charge in [0.2, 0.25) is 11.0 Å². The molecule has 0 bridgehead atoms. The Kier molecular flexibility index (Phi) is 7.16. The third-order valence-corrected chi connectivity index (χ3v) is 7.35. The molecule has 1 N–H and O–H groups in total. The van der Waals surface area contributed by atoms with Gasteiger partial charge in [0.15, 0.2) is 4.34 Å². The van der Waals surface area contributed by atoms with Crippen molar-refractivity contribution in [1.82, 2.24) is 15.1 Å². The van der Waals surface area contributed by atoms with Crippen LogP contribution >= 0.6 is 23.1 Å². The maximum Gasteiger partial charge on any atom is 0.233 e. The van der Waals surface area contributed by atoms with Crippen LogP contribution in [-0.4, -0.2) is 47.5 Å². The van der Waals surface area contributed by atoms with Crippen LogP contribution in [0, 0.1) is 6.92 Å². The highest BCUT2D eigenvalue weighted by Crippen LogP contribution is 2.39. The summed E-state index contributed by atoms with van der Waals surface area (Å²) in [6.07, 6.45) is 1.87. The van der Waals surface area contributed by atoms with Crippen LogP contribution in [0.1, 0.15) is 30.0 Å². The summed E-state index contributed by atoms with van der Waals surface area (Å²) >= 11 is 2.87. The summed E-state index contributed by atoms with van der Waals surface area (Å²) in [5, 5.41) is 12.4. The lowest BCUT2D eigenvalue weighted by atomic mass is 10.0. The van der Waals surface area contributed by atoms with E-state index in [4.69, 9.17) is 9.47 Å². The van der Waals surface area contributed by atoms with E-state index in [2.05, 4.69) is 22.4 Å². The van der Waals surface area contributed by atoms with E-state index in [1.165, 1.54) is 28.7 Å². The van der Waals surface area contributed by atoms with Gasteiger partial charge in [-0.25, -0.2) is 0 Å². The Morgan fingerprint density at radius 1 is 1.19 bits per heavy atom. The number of methoxy groups -OCH3 is 2. The first-order valence-corrected chi connectivity index (χ1v) is 12.2. The molecule has 168 valence electrons. The Morgan fingerprint density at radius 2 is 2.00 bits per heavy atom. The van der Waals surface area contributed by atoms with E-state index in [-0.39, 0.29) is 11.9 Å². The van der Waals surface area contributed by atoms with Crippen LogP contribution in [0.4, 0.5) is 10.8 Å². The number of nitrogens with zero attached hydrogens (tertiary/aromatic N) is 3. The number of anilines is 2. The van der Waals surface area contributed by atoms with Crippen LogP contribution in [-0.2, 0) is 4.79 Å². The molecule has 0 spiro atoms. The second kappa shape index (κ2) is 10.2. The summed E-state index contributed by atoms with van der Waals surface area (Å²) in [5.74, 6) is 1.95. The van der Waals surface area contributed by atoms with Crippen LogP contribution < -0.4 is 14.8 Å². The highest BCUT2D eigenvalue weighted by Gasteiger charge is 2.32. The molecular formula is C23H26N4O3S2. The molecule has 1 fully saturated rings. The Labute approximate surface area is 196 Å². The van der Waals surface area contributed by atoms with Crippen LogP contribution in [0.25, 0.3) is 0 Å². The second-order valence-corrected chi connectivity index (χ2v) is 9.71. The average Bonchev–Trinajstić information content (AvgIpc) is 3.48. The van der Waals surface area contributed by atoms with Crippen molar-refractivity contribution >= 4 is 39.8 Å². The average molecular weight is 471 g/mol. The van der Waals surface area contributed by atoms with Crippen molar-refractivity contribution in [3.63, 3.8) is 0 Å². The normalized spacial score (nSPS) is 15.6. The maximum atomic E-state index is 13.1. The summed E-state index contributed by atoms with van der Waals surface area (Å²) < 4.78 is 11.7. The van der Waals surface area contributed by atoms with Crippen LogP contribution in [0.15, 0.2) is 46.8 Å². The van der Waals surface area contributed by atoms with Gasteiger partial charge < -0.3 is 19.7 Å². The zero-order valence-electron chi connectivity index (χ0n) is 18.3. The fourth-order valence-corrected chi connectivity index (χ4v) is 5.43. The first-order valence-electron chi connectivity index (χ1n) is 10.4. The zero-order valence-corrected chi connectivity index (χ0v) is 20.0. The minimum atomic E-state index is -0.0127. The number of rotatable bonds is 8. The molecule has 1 aromatic heterocycles. The molecule has 0 saturated carbocycles. The number of hydrogen-bond donors (Lipinski definition) is 1. The van der Waals surface area contributed by atoms with E-state index in [0.29, 0.717) is 10.9 Å². The number of carbonyl (C=O) groups excluding carboxylic acids is 1. The first kappa shape index (κ1) is 22.4. The number of aryl methyl sites for hydroxylation is 1. The maximum absolute atomic E-state index is 13.1. The van der Waals surface area contributed by atoms with E-state index >= 15 is 0 Å². The van der Waals surface area contributed by atoms with Gasteiger partial charge in [-0.1, -0.05) is 40.8 Å². The summed E-state index contributed by atoms with van der Waals surface area (Å²) in [7, 11) is 3.30. The van der Waals surface area contributed by atoms with Gasteiger partial charge in [0.1, 0.15) is 11.5 Å². The van der Waals surface area contributed by atoms with Crippen molar-refractivity contribution in [2.24, 2.45) is 0 Å². The molecule has 1 amide bonds. The molecule has 0 unspecified atom stereocenters. The monoisotopic (exact) mass is 470 g/mol. The lowest BCUT2D eigenvalue weighted by Gasteiger charge is -2.26. The van der Waals surface area contributed by atoms with Crippen molar-refractivity contribution in [2.75, 3.05) is 31.8 Å². The predicted octanol–water partition coefficient (Wildman–Crippen LogP) is 5.06. The molecule has 2 heterocycles. The van der Waals surface area contributed by atoms with Crippen molar-refractivity contribution in [1.29, 1.82) is 0 Å². The van der Waals surface area contributed by atoms with E-state index in [1.54, 1.807) is 14.2 Å². The van der Waals surface area contributed by atoms with E-state index < -0.39 is 0 Å². The van der Waals surface area contributed by atoms with Gasteiger partial charge >= 0.3 is 0 Å². The van der Waals surface area contributed by atoms with Crippen LogP contribution in [0.5, 0.6) is 11.5 Å². The number of thioether (sulfide) groups is 1. The van der Waals surface area contributed by atoms with Gasteiger partial charge in [-0.2, -0.15) is 0 Å². The molecule has 2 aromatic carbocycles. The summed E-state index contributed by atoms with van der Waals surface area (Å²) in [4.78, 5) is 15.0. The predicted molar refractivity (Wildman–Crippen MR) is 128 cm³/mol. The van der Waals surface area contributed by atoms with E-state index in [0.717, 1.165) is 46.5 Å². The molecule has 0 aliphatic carbocycles. The number of amides is 1. The number of carbonyl (C=O) groups is 1. The van der Waals surface area contributed by atoms with Crippen LogP contribution in [0.3, 0.4) is 0 Å². The van der Waals surface area contributed by atoms with Gasteiger partial charge in [0.25, 0.3) is 0 Å². The minimum Gasteiger partial charge on any atom is -0.497 e. The molecule has 4 rings (SSSR count). The van der Waals surface area contributed by atoms with Crippen molar-refractivity contribution in [3.8, 4) is 11.5 Å². The molecule has 1 atom stereocenters. The number of likely N-dealkylation sites (tertiary alicyclic amines) is 1. The Hall–Kier alpha value is -2.78. The molecule has 1 aliphatic rings. The Morgan fingerprint density at radius 3 is 2.75 bits per heavy atom. The summed E-state index contributed by atoms with van der Waals surface area (Å²) in [6.45, 7) is 2.79. The van der Waals surface area contributed by atoms with Crippen molar-refractivity contribution < 1.29 is 14.3 Å². The molecule has 9 heteroatoms. The van der Waals surface area contributed by atoms with E-state index in [1.807, 2.05) is 47.4 Å².